The Labute approximate surface area is 133 Å². The van der Waals surface area contributed by atoms with Crippen molar-refractivity contribution in [2.75, 3.05) is 14.2 Å². The van der Waals surface area contributed by atoms with Gasteiger partial charge < -0.3 is 10.1 Å². The highest BCUT2D eigenvalue weighted by atomic mass is 79.9. The van der Waals surface area contributed by atoms with Gasteiger partial charge in [-0.25, -0.2) is 4.39 Å². The second kappa shape index (κ2) is 6.58. The first-order chi connectivity index (χ1) is 9.99. The zero-order valence-electron chi connectivity index (χ0n) is 12.6. The molecule has 2 rings (SSSR count). The summed E-state index contributed by atoms with van der Waals surface area (Å²) in [7, 11) is 3.57. The van der Waals surface area contributed by atoms with Crippen LogP contribution in [0, 0.1) is 19.7 Å². The molecule has 0 radical (unpaired) electrons. The Morgan fingerprint density at radius 3 is 2.33 bits per heavy atom. The van der Waals surface area contributed by atoms with E-state index in [0.717, 1.165) is 32.5 Å². The predicted molar refractivity (Wildman–Crippen MR) is 87.5 cm³/mol. The van der Waals surface area contributed by atoms with Crippen LogP contribution in [0.3, 0.4) is 0 Å². The first-order valence-electron chi connectivity index (χ1n) is 6.76. The molecular weight excluding hydrogens is 333 g/mol. The molecule has 0 spiro atoms. The fourth-order valence-corrected chi connectivity index (χ4v) is 3.18. The molecule has 2 aromatic rings. The normalized spacial score (nSPS) is 12.3. The van der Waals surface area contributed by atoms with Gasteiger partial charge in [0.2, 0.25) is 0 Å². The summed E-state index contributed by atoms with van der Waals surface area (Å²) < 4.78 is 19.8. The molecule has 112 valence electrons. The van der Waals surface area contributed by atoms with Crippen LogP contribution in [-0.2, 0) is 0 Å². The second-order valence-corrected chi connectivity index (χ2v) is 5.87. The van der Waals surface area contributed by atoms with Crippen molar-refractivity contribution in [1.82, 2.24) is 5.32 Å². The monoisotopic (exact) mass is 351 g/mol. The molecule has 0 amide bonds. The average molecular weight is 352 g/mol. The van der Waals surface area contributed by atoms with Crippen molar-refractivity contribution >= 4 is 15.9 Å². The van der Waals surface area contributed by atoms with Crippen LogP contribution in [0.4, 0.5) is 4.39 Å². The lowest BCUT2D eigenvalue weighted by Crippen LogP contribution is -2.20. The zero-order valence-corrected chi connectivity index (χ0v) is 14.2. The van der Waals surface area contributed by atoms with Crippen molar-refractivity contribution < 1.29 is 9.13 Å². The van der Waals surface area contributed by atoms with Crippen LogP contribution >= 0.6 is 15.9 Å². The molecule has 0 fully saturated rings. The molecule has 4 heteroatoms. The second-order valence-electron chi connectivity index (χ2n) is 5.02. The van der Waals surface area contributed by atoms with Crippen molar-refractivity contribution in [2.24, 2.45) is 0 Å². The smallest absolute Gasteiger partial charge is 0.127 e. The van der Waals surface area contributed by atoms with E-state index in [0.29, 0.717) is 0 Å². The maximum absolute atomic E-state index is 13.2. The highest BCUT2D eigenvalue weighted by Gasteiger charge is 2.22. The summed E-state index contributed by atoms with van der Waals surface area (Å²) in [5.41, 5.74) is 4.24. The fraction of sp³-hybridized carbons (Fsp3) is 0.294. The number of nitrogens with one attached hydrogen (secondary N) is 1. The minimum absolute atomic E-state index is 0.0586. The van der Waals surface area contributed by atoms with Crippen LogP contribution in [0.5, 0.6) is 5.75 Å². The summed E-state index contributed by atoms with van der Waals surface area (Å²) >= 11 is 3.60. The van der Waals surface area contributed by atoms with Gasteiger partial charge in [-0.05, 0) is 55.8 Å². The van der Waals surface area contributed by atoms with Gasteiger partial charge in [0.1, 0.15) is 11.6 Å². The number of hydrogen-bond acceptors (Lipinski definition) is 2. The van der Waals surface area contributed by atoms with Crippen LogP contribution in [0.15, 0.2) is 34.8 Å². The minimum atomic E-state index is -0.234. The number of hydrogen-bond donors (Lipinski definition) is 1. The Morgan fingerprint density at radius 2 is 1.81 bits per heavy atom. The highest BCUT2D eigenvalue weighted by Crippen LogP contribution is 2.38. The van der Waals surface area contributed by atoms with Crippen LogP contribution in [0.2, 0.25) is 0 Å². The first kappa shape index (κ1) is 16.0. The summed E-state index contributed by atoms with van der Waals surface area (Å²) in [5, 5.41) is 3.30. The molecule has 0 bridgehead atoms. The average Bonchev–Trinajstić information content (AvgIpc) is 2.46. The number of halogens is 2. The van der Waals surface area contributed by atoms with Crippen LogP contribution in [0.25, 0.3) is 0 Å². The van der Waals surface area contributed by atoms with E-state index in [2.05, 4.69) is 34.2 Å². The van der Waals surface area contributed by atoms with Gasteiger partial charge >= 0.3 is 0 Å². The van der Waals surface area contributed by atoms with E-state index in [-0.39, 0.29) is 11.9 Å². The molecule has 1 unspecified atom stereocenters. The lowest BCUT2D eigenvalue weighted by atomic mass is 9.92. The lowest BCUT2D eigenvalue weighted by molar-refractivity contribution is 0.401. The molecule has 21 heavy (non-hydrogen) atoms. The van der Waals surface area contributed by atoms with E-state index in [1.165, 1.54) is 12.1 Å². The molecule has 2 aromatic carbocycles. The van der Waals surface area contributed by atoms with Gasteiger partial charge in [-0.2, -0.15) is 0 Å². The quantitative estimate of drug-likeness (QED) is 0.873. The van der Waals surface area contributed by atoms with Crippen molar-refractivity contribution in [3.8, 4) is 5.75 Å². The fourth-order valence-electron chi connectivity index (χ4n) is 2.63. The maximum Gasteiger partial charge on any atom is 0.127 e. The van der Waals surface area contributed by atoms with E-state index < -0.39 is 0 Å². The number of rotatable bonds is 4. The van der Waals surface area contributed by atoms with Crippen LogP contribution in [-0.4, -0.2) is 14.2 Å². The van der Waals surface area contributed by atoms with E-state index in [1.807, 2.05) is 14.0 Å². The molecular formula is C17H19BrFNO. The molecule has 1 N–H and O–H groups in total. The van der Waals surface area contributed by atoms with Gasteiger partial charge in [-0.1, -0.05) is 28.1 Å². The Hall–Kier alpha value is -1.39. The molecule has 2 nitrogen and oxygen atoms in total. The minimum Gasteiger partial charge on any atom is -0.496 e. The molecule has 0 aliphatic rings. The predicted octanol–water partition coefficient (Wildman–Crippen LogP) is 4.52. The van der Waals surface area contributed by atoms with E-state index in [9.17, 15) is 4.39 Å². The van der Waals surface area contributed by atoms with Crippen molar-refractivity contribution in [2.45, 2.75) is 19.9 Å². The van der Waals surface area contributed by atoms with Gasteiger partial charge in [0, 0.05) is 10.0 Å². The summed E-state index contributed by atoms with van der Waals surface area (Å²) in [6.45, 7) is 4.07. The molecule has 0 saturated heterocycles. The molecule has 0 aliphatic carbocycles. The molecule has 0 heterocycles. The first-order valence-corrected chi connectivity index (χ1v) is 7.55. The van der Waals surface area contributed by atoms with Gasteiger partial charge in [-0.3, -0.25) is 0 Å². The van der Waals surface area contributed by atoms with Gasteiger partial charge in [-0.15, -0.1) is 0 Å². The van der Waals surface area contributed by atoms with Crippen molar-refractivity contribution in [3.63, 3.8) is 0 Å². The van der Waals surface area contributed by atoms with E-state index in [1.54, 1.807) is 19.2 Å². The number of ether oxygens (including phenoxy) is 1. The van der Waals surface area contributed by atoms with Gasteiger partial charge in [0.05, 0.1) is 13.2 Å². The van der Waals surface area contributed by atoms with Gasteiger partial charge in [0.15, 0.2) is 0 Å². The Morgan fingerprint density at radius 1 is 1.19 bits per heavy atom. The zero-order chi connectivity index (χ0) is 15.6. The van der Waals surface area contributed by atoms with E-state index >= 15 is 0 Å². The molecule has 0 aromatic heterocycles. The topological polar surface area (TPSA) is 21.3 Å². The Kier molecular flexibility index (Phi) is 5.01. The molecule has 0 aliphatic heterocycles. The summed E-state index contributed by atoms with van der Waals surface area (Å²) in [6.07, 6.45) is 0. The third-order valence-electron chi connectivity index (χ3n) is 3.69. The van der Waals surface area contributed by atoms with Gasteiger partial charge in [0.25, 0.3) is 0 Å². The third-order valence-corrected chi connectivity index (χ3v) is 4.52. The van der Waals surface area contributed by atoms with Crippen molar-refractivity contribution in [1.29, 1.82) is 0 Å². The number of methoxy groups -OCH3 is 1. The number of aryl methyl sites for hydroxylation is 1. The molecule has 0 saturated carbocycles. The summed E-state index contributed by atoms with van der Waals surface area (Å²) in [5.74, 6) is 0.627. The number of benzene rings is 2. The summed E-state index contributed by atoms with van der Waals surface area (Å²) in [4.78, 5) is 0. The SMILES string of the molecule is CNC(c1ccc(F)cc1)c1c(C)c(Br)cc(C)c1OC. The molecule has 1 atom stereocenters. The van der Waals surface area contributed by atoms with Crippen molar-refractivity contribution in [3.05, 3.63) is 62.9 Å². The highest BCUT2D eigenvalue weighted by molar-refractivity contribution is 9.10. The standard InChI is InChI=1S/C17H19BrFNO/c1-10-9-14(18)11(2)15(17(10)21-4)16(20-3)12-5-7-13(19)8-6-12/h5-9,16,20H,1-4H3. The Balaban J connectivity index is 2.64. The lowest BCUT2D eigenvalue weighted by Gasteiger charge is -2.24. The van der Waals surface area contributed by atoms with Crippen LogP contribution < -0.4 is 10.1 Å². The van der Waals surface area contributed by atoms with E-state index in [4.69, 9.17) is 4.74 Å². The largest absolute Gasteiger partial charge is 0.496 e. The maximum atomic E-state index is 13.2. The Bertz CT molecular complexity index is 640. The third kappa shape index (κ3) is 3.11. The van der Waals surface area contributed by atoms with Crippen LogP contribution in [0.1, 0.15) is 28.3 Å². The summed E-state index contributed by atoms with van der Waals surface area (Å²) in [6, 6.07) is 8.54.